The molecule has 1 aromatic heterocycles. The molecule has 5 rings (SSSR count). The van der Waals surface area contributed by atoms with Crippen LogP contribution in [0.2, 0.25) is 0 Å². The van der Waals surface area contributed by atoms with Gasteiger partial charge in [0.2, 0.25) is 5.91 Å². The molecule has 0 radical (unpaired) electrons. The maximum Gasteiger partial charge on any atom is 0.242 e. The van der Waals surface area contributed by atoms with Gasteiger partial charge in [0.15, 0.2) is 9.84 Å². The Hall–Kier alpha value is -3.65. The molecule has 1 aliphatic heterocycles. The Bertz CT molecular complexity index is 1460. The van der Waals surface area contributed by atoms with Crippen LogP contribution in [0.25, 0.3) is 10.9 Å². The van der Waals surface area contributed by atoms with E-state index in [1.165, 1.54) is 6.07 Å². The molecule has 6 nitrogen and oxygen atoms in total. The van der Waals surface area contributed by atoms with Crippen molar-refractivity contribution in [2.75, 3.05) is 31.1 Å². The highest BCUT2D eigenvalue weighted by molar-refractivity contribution is 7.90. The second-order valence-electron chi connectivity index (χ2n) is 8.70. The van der Waals surface area contributed by atoms with E-state index < -0.39 is 9.84 Å². The molecule has 1 aliphatic rings. The van der Waals surface area contributed by atoms with Gasteiger partial charge in [-0.2, -0.15) is 0 Å². The maximum absolute atomic E-state index is 14.1. The van der Waals surface area contributed by atoms with Gasteiger partial charge in [0.1, 0.15) is 12.4 Å². The van der Waals surface area contributed by atoms with E-state index in [4.69, 9.17) is 0 Å². The highest BCUT2D eigenvalue weighted by Gasteiger charge is 2.25. The van der Waals surface area contributed by atoms with Crippen LogP contribution >= 0.6 is 0 Å². The van der Waals surface area contributed by atoms with Crippen LogP contribution in [0.15, 0.2) is 90.0 Å². The van der Waals surface area contributed by atoms with Gasteiger partial charge < -0.3 is 14.4 Å². The van der Waals surface area contributed by atoms with Crippen LogP contribution in [0.3, 0.4) is 0 Å². The molecule has 3 aromatic carbocycles. The van der Waals surface area contributed by atoms with Gasteiger partial charge in [0, 0.05) is 43.3 Å². The Morgan fingerprint density at radius 3 is 2.23 bits per heavy atom. The van der Waals surface area contributed by atoms with E-state index in [-0.39, 0.29) is 28.9 Å². The quantitative estimate of drug-likeness (QED) is 0.407. The maximum atomic E-state index is 14.1. The third-order valence-corrected chi connectivity index (χ3v) is 8.13. The summed E-state index contributed by atoms with van der Waals surface area (Å²) < 4.78 is 42.4. The Morgan fingerprint density at radius 1 is 0.829 bits per heavy atom. The van der Waals surface area contributed by atoms with Gasteiger partial charge in [0.05, 0.1) is 16.3 Å². The van der Waals surface area contributed by atoms with Crippen LogP contribution in [0.5, 0.6) is 0 Å². The third-order valence-electron chi connectivity index (χ3n) is 6.42. The fourth-order valence-electron chi connectivity index (χ4n) is 4.61. The smallest absolute Gasteiger partial charge is 0.242 e. The number of aromatic nitrogens is 1. The number of fused-ring (bicyclic) bond motifs is 1. The lowest BCUT2D eigenvalue weighted by molar-refractivity contribution is -0.132. The van der Waals surface area contributed by atoms with Crippen molar-refractivity contribution in [2.45, 2.75) is 17.2 Å². The highest BCUT2D eigenvalue weighted by atomic mass is 32.2. The predicted molar refractivity (Wildman–Crippen MR) is 134 cm³/mol. The molecule has 2 heterocycles. The summed E-state index contributed by atoms with van der Waals surface area (Å²) in [4.78, 5) is 17.1. The van der Waals surface area contributed by atoms with Gasteiger partial charge in [-0.05, 0) is 23.8 Å². The summed E-state index contributed by atoms with van der Waals surface area (Å²) in [5.74, 6) is -0.463. The zero-order valence-electron chi connectivity index (χ0n) is 19.2. The number of nitrogens with zero attached hydrogens (tertiary/aromatic N) is 3. The molecule has 1 fully saturated rings. The van der Waals surface area contributed by atoms with Gasteiger partial charge in [-0.1, -0.05) is 60.7 Å². The van der Waals surface area contributed by atoms with Crippen molar-refractivity contribution >= 4 is 32.3 Å². The lowest BCUT2D eigenvalue weighted by Gasteiger charge is -2.36. The van der Waals surface area contributed by atoms with E-state index in [2.05, 4.69) is 0 Å². The van der Waals surface area contributed by atoms with Crippen molar-refractivity contribution in [1.29, 1.82) is 0 Å². The monoisotopic (exact) mass is 491 g/mol. The molecule has 0 unspecified atom stereocenters. The second kappa shape index (κ2) is 9.54. The number of amides is 1. The van der Waals surface area contributed by atoms with Crippen LogP contribution in [0.4, 0.5) is 10.1 Å². The van der Waals surface area contributed by atoms with E-state index in [0.29, 0.717) is 48.3 Å². The summed E-state index contributed by atoms with van der Waals surface area (Å²) in [6, 6.07) is 23.0. The Labute approximate surface area is 204 Å². The Morgan fingerprint density at radius 2 is 1.49 bits per heavy atom. The minimum absolute atomic E-state index is 0.0427. The number of hydrogen-bond acceptors (Lipinski definition) is 4. The minimum Gasteiger partial charge on any atom is -0.366 e. The summed E-state index contributed by atoms with van der Waals surface area (Å²) in [6.07, 6.45) is 1.58. The van der Waals surface area contributed by atoms with Crippen molar-refractivity contribution < 1.29 is 17.6 Å². The van der Waals surface area contributed by atoms with Gasteiger partial charge in [-0.25, -0.2) is 12.8 Å². The zero-order valence-corrected chi connectivity index (χ0v) is 20.0. The Kier molecular flexibility index (Phi) is 6.30. The molecule has 0 aliphatic carbocycles. The first-order valence-electron chi connectivity index (χ1n) is 11.5. The van der Waals surface area contributed by atoms with Crippen LogP contribution in [0.1, 0.15) is 5.56 Å². The van der Waals surface area contributed by atoms with Gasteiger partial charge in [0.25, 0.3) is 0 Å². The number of benzene rings is 3. The summed E-state index contributed by atoms with van der Waals surface area (Å²) >= 11 is 0. The number of anilines is 1. The first-order valence-corrected chi connectivity index (χ1v) is 13.2. The molecule has 0 atom stereocenters. The molecule has 0 bridgehead atoms. The fourth-order valence-corrected chi connectivity index (χ4v) is 6.20. The number of carbonyl (C=O) groups is 1. The van der Waals surface area contributed by atoms with Crippen molar-refractivity contribution in [2.24, 2.45) is 0 Å². The standard InChI is InChI=1S/C27H26FN3O3S/c28-23-11-5-7-13-25(23)29-14-16-30(17-15-29)27(32)19-31-18-26(22-10-4-6-12-24(22)31)35(33,34)20-21-8-2-1-3-9-21/h1-13,18H,14-17,19-20H2. The molecule has 35 heavy (non-hydrogen) atoms. The van der Waals surface area contributed by atoms with Crippen LogP contribution in [-0.4, -0.2) is 50.0 Å². The number of rotatable bonds is 6. The molecular weight excluding hydrogens is 465 g/mol. The van der Waals surface area contributed by atoms with Gasteiger partial charge >= 0.3 is 0 Å². The van der Waals surface area contributed by atoms with E-state index in [9.17, 15) is 17.6 Å². The number of hydrogen-bond donors (Lipinski definition) is 0. The third kappa shape index (κ3) is 4.79. The van der Waals surface area contributed by atoms with Crippen LogP contribution in [0, 0.1) is 5.82 Å². The lowest BCUT2D eigenvalue weighted by atomic mass is 10.2. The molecule has 0 saturated carbocycles. The average Bonchev–Trinajstić information content (AvgIpc) is 3.24. The number of para-hydroxylation sites is 2. The summed E-state index contributed by atoms with van der Waals surface area (Å²) in [5.41, 5.74) is 1.97. The van der Waals surface area contributed by atoms with Crippen LogP contribution < -0.4 is 4.90 Å². The van der Waals surface area contributed by atoms with Crippen molar-refractivity contribution in [3.8, 4) is 0 Å². The summed E-state index contributed by atoms with van der Waals surface area (Å²) in [7, 11) is -3.61. The minimum atomic E-state index is -3.61. The largest absolute Gasteiger partial charge is 0.366 e. The number of carbonyl (C=O) groups excluding carboxylic acids is 1. The van der Waals surface area contributed by atoms with Gasteiger partial charge in [-0.3, -0.25) is 4.79 Å². The summed E-state index contributed by atoms with van der Waals surface area (Å²) in [6.45, 7) is 2.07. The SMILES string of the molecule is O=C(Cn1cc(S(=O)(=O)Cc2ccccc2)c2ccccc21)N1CCN(c2ccccc2F)CC1. The molecule has 180 valence electrons. The van der Waals surface area contributed by atoms with Crippen LogP contribution in [-0.2, 0) is 26.9 Å². The van der Waals surface area contributed by atoms with Crippen molar-refractivity contribution in [3.05, 3.63) is 96.4 Å². The topological polar surface area (TPSA) is 62.6 Å². The molecule has 0 N–H and O–H groups in total. The first-order chi connectivity index (χ1) is 16.9. The molecule has 4 aromatic rings. The average molecular weight is 492 g/mol. The molecule has 0 spiro atoms. The van der Waals surface area contributed by atoms with E-state index >= 15 is 0 Å². The fraction of sp³-hybridized carbons (Fsp3) is 0.222. The predicted octanol–water partition coefficient (Wildman–Crippen LogP) is 4.10. The highest BCUT2D eigenvalue weighted by Crippen LogP contribution is 2.28. The summed E-state index contributed by atoms with van der Waals surface area (Å²) in [5, 5.41) is 0.612. The van der Waals surface area contributed by atoms with E-state index in [0.717, 1.165) is 0 Å². The molecular formula is C27H26FN3O3S. The number of halogens is 1. The zero-order chi connectivity index (χ0) is 24.4. The van der Waals surface area contributed by atoms with Crippen molar-refractivity contribution in [3.63, 3.8) is 0 Å². The van der Waals surface area contributed by atoms with Crippen molar-refractivity contribution in [1.82, 2.24) is 9.47 Å². The first kappa shape index (κ1) is 23.1. The molecule has 1 amide bonds. The molecule has 1 saturated heterocycles. The molecule has 8 heteroatoms. The van der Waals surface area contributed by atoms with E-state index in [1.807, 2.05) is 35.2 Å². The van der Waals surface area contributed by atoms with E-state index in [1.54, 1.807) is 58.1 Å². The lowest BCUT2D eigenvalue weighted by Crippen LogP contribution is -2.49. The van der Waals surface area contributed by atoms with Gasteiger partial charge in [-0.15, -0.1) is 0 Å². The Balaban J connectivity index is 1.34. The number of sulfone groups is 1. The number of piperazine rings is 1. The normalized spacial score (nSPS) is 14.4. The second-order valence-corrected chi connectivity index (χ2v) is 10.7.